The van der Waals surface area contributed by atoms with Crippen molar-refractivity contribution < 1.29 is 19.1 Å². The molecule has 0 saturated carbocycles. The van der Waals surface area contributed by atoms with Crippen LogP contribution in [0, 0.1) is 5.92 Å². The molecule has 0 bridgehead atoms. The molecule has 0 aliphatic carbocycles. The fourth-order valence-electron chi connectivity index (χ4n) is 1.51. The molecule has 1 aliphatic heterocycles. The number of carbonyl (C=O) groups is 2. The van der Waals surface area contributed by atoms with Gasteiger partial charge in [-0.2, -0.15) is 0 Å². The standard InChI is InChI=1S/C12H18O4/c1-2-5-11(13)15-8-4-3-6-10-7-9-16-12(10)14/h7,9-10H,2-6,8H2,1H3. The number of esters is 2. The molecular weight excluding hydrogens is 208 g/mol. The van der Waals surface area contributed by atoms with Crippen LogP contribution in [0.3, 0.4) is 0 Å². The molecule has 0 fully saturated rings. The van der Waals surface area contributed by atoms with Gasteiger partial charge in [0.25, 0.3) is 0 Å². The quantitative estimate of drug-likeness (QED) is 0.493. The van der Waals surface area contributed by atoms with E-state index in [1.165, 1.54) is 6.26 Å². The first-order chi connectivity index (χ1) is 7.74. The maximum atomic E-state index is 11.1. The second-order valence-electron chi connectivity index (χ2n) is 3.84. The van der Waals surface area contributed by atoms with Crippen molar-refractivity contribution in [3.63, 3.8) is 0 Å². The molecule has 16 heavy (non-hydrogen) atoms. The highest BCUT2D eigenvalue weighted by atomic mass is 16.5. The third-order valence-electron chi connectivity index (χ3n) is 2.42. The van der Waals surface area contributed by atoms with Crippen molar-refractivity contribution in [3.8, 4) is 0 Å². The summed E-state index contributed by atoms with van der Waals surface area (Å²) in [5.74, 6) is -0.419. The highest BCUT2D eigenvalue weighted by Crippen LogP contribution is 2.17. The van der Waals surface area contributed by atoms with Crippen molar-refractivity contribution in [1.82, 2.24) is 0 Å². The molecule has 90 valence electrons. The van der Waals surface area contributed by atoms with Gasteiger partial charge in [-0.1, -0.05) is 6.92 Å². The monoisotopic (exact) mass is 226 g/mol. The van der Waals surface area contributed by atoms with Gasteiger partial charge in [-0.25, -0.2) is 0 Å². The highest BCUT2D eigenvalue weighted by Gasteiger charge is 2.20. The number of cyclic esters (lactones) is 1. The van der Waals surface area contributed by atoms with Gasteiger partial charge < -0.3 is 9.47 Å². The second kappa shape index (κ2) is 7.04. The van der Waals surface area contributed by atoms with E-state index in [1.54, 1.807) is 6.08 Å². The van der Waals surface area contributed by atoms with Gasteiger partial charge in [0, 0.05) is 6.42 Å². The van der Waals surface area contributed by atoms with Crippen LogP contribution in [0.2, 0.25) is 0 Å². The van der Waals surface area contributed by atoms with E-state index in [2.05, 4.69) is 4.74 Å². The van der Waals surface area contributed by atoms with Crippen LogP contribution in [0.5, 0.6) is 0 Å². The van der Waals surface area contributed by atoms with Crippen LogP contribution < -0.4 is 0 Å². The summed E-state index contributed by atoms with van der Waals surface area (Å²) in [6.07, 6.45) is 6.94. The molecule has 1 atom stereocenters. The van der Waals surface area contributed by atoms with Gasteiger partial charge in [-0.05, 0) is 31.8 Å². The number of carbonyl (C=O) groups excluding carboxylic acids is 2. The average molecular weight is 226 g/mol. The topological polar surface area (TPSA) is 52.6 Å². The van der Waals surface area contributed by atoms with Crippen molar-refractivity contribution in [2.75, 3.05) is 6.61 Å². The van der Waals surface area contributed by atoms with Crippen LogP contribution in [0.1, 0.15) is 39.0 Å². The Bertz CT molecular complexity index is 270. The van der Waals surface area contributed by atoms with Crippen LogP contribution in [0.15, 0.2) is 12.3 Å². The van der Waals surface area contributed by atoms with Gasteiger partial charge >= 0.3 is 11.9 Å². The van der Waals surface area contributed by atoms with Crippen LogP contribution in [0.25, 0.3) is 0 Å². The fourth-order valence-corrected chi connectivity index (χ4v) is 1.51. The Hall–Kier alpha value is -1.32. The van der Waals surface area contributed by atoms with Crippen LogP contribution in [-0.4, -0.2) is 18.5 Å². The molecule has 0 N–H and O–H groups in total. The minimum absolute atomic E-state index is 0.105. The van der Waals surface area contributed by atoms with Crippen LogP contribution >= 0.6 is 0 Å². The molecule has 0 spiro atoms. The van der Waals surface area contributed by atoms with Gasteiger partial charge in [-0.15, -0.1) is 0 Å². The molecule has 0 aromatic rings. The Balaban J connectivity index is 1.97. The summed E-state index contributed by atoms with van der Waals surface area (Å²) in [7, 11) is 0. The van der Waals surface area contributed by atoms with E-state index in [1.807, 2.05) is 6.92 Å². The molecule has 1 heterocycles. The summed E-state index contributed by atoms with van der Waals surface area (Å²) in [5.41, 5.74) is 0. The van der Waals surface area contributed by atoms with E-state index >= 15 is 0 Å². The third kappa shape index (κ3) is 4.47. The third-order valence-corrected chi connectivity index (χ3v) is 2.42. The Morgan fingerprint density at radius 3 is 2.94 bits per heavy atom. The second-order valence-corrected chi connectivity index (χ2v) is 3.84. The lowest BCUT2D eigenvalue weighted by Gasteiger charge is -2.05. The summed E-state index contributed by atoms with van der Waals surface area (Å²) in [6.45, 7) is 2.39. The summed E-state index contributed by atoms with van der Waals surface area (Å²) in [6, 6.07) is 0. The van der Waals surface area contributed by atoms with E-state index in [9.17, 15) is 9.59 Å². The molecule has 1 aliphatic rings. The Labute approximate surface area is 95.6 Å². The first kappa shape index (κ1) is 12.7. The molecular formula is C12H18O4. The number of hydrogen-bond donors (Lipinski definition) is 0. The largest absolute Gasteiger partial charge is 0.466 e. The number of unbranched alkanes of at least 4 members (excludes halogenated alkanes) is 1. The van der Waals surface area contributed by atoms with Crippen molar-refractivity contribution in [2.45, 2.75) is 39.0 Å². The molecule has 0 radical (unpaired) electrons. The Morgan fingerprint density at radius 1 is 1.50 bits per heavy atom. The SMILES string of the molecule is CCCC(=O)OCCCCC1C=COC1=O. The summed E-state index contributed by atoms with van der Waals surface area (Å²) in [5, 5.41) is 0. The lowest BCUT2D eigenvalue weighted by molar-refractivity contribution is -0.144. The van der Waals surface area contributed by atoms with Crippen LogP contribution in [0.4, 0.5) is 0 Å². The molecule has 4 nitrogen and oxygen atoms in total. The van der Waals surface area contributed by atoms with Crippen molar-refractivity contribution in [3.05, 3.63) is 12.3 Å². The highest BCUT2D eigenvalue weighted by molar-refractivity contribution is 5.77. The zero-order chi connectivity index (χ0) is 11.8. The molecule has 1 rings (SSSR count). The van der Waals surface area contributed by atoms with Crippen LogP contribution in [-0.2, 0) is 19.1 Å². The average Bonchev–Trinajstić information content (AvgIpc) is 2.64. The van der Waals surface area contributed by atoms with Crippen molar-refractivity contribution >= 4 is 11.9 Å². The lowest BCUT2D eigenvalue weighted by atomic mass is 10.0. The van der Waals surface area contributed by atoms with Gasteiger partial charge in [0.1, 0.15) is 0 Å². The zero-order valence-corrected chi connectivity index (χ0v) is 9.61. The molecule has 1 unspecified atom stereocenters. The lowest BCUT2D eigenvalue weighted by Crippen LogP contribution is -2.09. The van der Waals surface area contributed by atoms with Gasteiger partial charge in [0.05, 0.1) is 18.8 Å². The molecule has 0 amide bonds. The fraction of sp³-hybridized carbons (Fsp3) is 0.667. The zero-order valence-electron chi connectivity index (χ0n) is 9.61. The normalized spacial score (nSPS) is 18.6. The van der Waals surface area contributed by atoms with E-state index in [-0.39, 0.29) is 17.9 Å². The van der Waals surface area contributed by atoms with Crippen molar-refractivity contribution in [1.29, 1.82) is 0 Å². The predicted molar refractivity (Wildman–Crippen MR) is 58.4 cm³/mol. The first-order valence-electron chi connectivity index (χ1n) is 5.77. The number of rotatable bonds is 7. The van der Waals surface area contributed by atoms with Gasteiger partial charge in [0.2, 0.25) is 0 Å². The Morgan fingerprint density at radius 2 is 2.31 bits per heavy atom. The summed E-state index contributed by atoms with van der Waals surface area (Å²) in [4.78, 5) is 22.1. The smallest absolute Gasteiger partial charge is 0.317 e. The van der Waals surface area contributed by atoms with Gasteiger partial charge in [0.15, 0.2) is 0 Å². The molecule has 0 aromatic carbocycles. The van der Waals surface area contributed by atoms with Crippen molar-refractivity contribution in [2.24, 2.45) is 5.92 Å². The maximum absolute atomic E-state index is 11.1. The van der Waals surface area contributed by atoms with E-state index < -0.39 is 0 Å². The van der Waals surface area contributed by atoms with E-state index in [0.717, 1.165) is 25.7 Å². The first-order valence-corrected chi connectivity index (χ1v) is 5.77. The van der Waals surface area contributed by atoms with E-state index in [0.29, 0.717) is 13.0 Å². The minimum atomic E-state index is -0.178. The predicted octanol–water partition coefficient (Wildman–Crippen LogP) is 2.19. The molecule has 0 saturated heterocycles. The van der Waals surface area contributed by atoms with Gasteiger partial charge in [-0.3, -0.25) is 9.59 Å². The van der Waals surface area contributed by atoms with E-state index in [4.69, 9.17) is 4.74 Å². The maximum Gasteiger partial charge on any atom is 0.317 e. The minimum Gasteiger partial charge on any atom is -0.466 e. The summed E-state index contributed by atoms with van der Waals surface area (Å²) < 4.78 is 9.69. The number of ether oxygens (including phenoxy) is 2. The molecule has 4 heteroatoms. The molecule has 0 aromatic heterocycles. The Kier molecular flexibility index (Phi) is 5.61. The number of hydrogen-bond acceptors (Lipinski definition) is 4. The summed E-state index contributed by atoms with van der Waals surface area (Å²) >= 11 is 0.